The van der Waals surface area contributed by atoms with Gasteiger partial charge >= 0.3 is 0 Å². The predicted octanol–water partition coefficient (Wildman–Crippen LogP) is 6.11. The van der Waals surface area contributed by atoms with Gasteiger partial charge < -0.3 is 14.0 Å². The van der Waals surface area contributed by atoms with Crippen molar-refractivity contribution >= 4 is 17.5 Å². The summed E-state index contributed by atoms with van der Waals surface area (Å²) in [5, 5.41) is 9.51. The first-order valence-corrected chi connectivity index (χ1v) is 11.8. The van der Waals surface area contributed by atoms with Crippen LogP contribution in [0.4, 0.5) is 0 Å². The Bertz CT molecular complexity index is 1040. The molecule has 0 bridgehead atoms. The van der Waals surface area contributed by atoms with Gasteiger partial charge in [-0.3, -0.25) is 4.79 Å². The third-order valence-electron chi connectivity index (χ3n) is 5.16. The fourth-order valence-corrected chi connectivity index (χ4v) is 4.42. The van der Waals surface area contributed by atoms with Crippen LogP contribution in [0, 0.1) is 0 Å². The normalized spacial score (nSPS) is 12.2. The second-order valence-corrected chi connectivity index (χ2v) is 9.14. The van der Waals surface area contributed by atoms with Crippen LogP contribution in [0.2, 0.25) is 0 Å². The Labute approximate surface area is 194 Å². The summed E-state index contributed by atoms with van der Waals surface area (Å²) in [5.74, 6) is 3.01. The number of benzene rings is 2. The number of ether oxygens (including phenoxy) is 2. The largest absolute Gasteiger partial charge is 0.497 e. The van der Waals surface area contributed by atoms with E-state index in [0.717, 1.165) is 22.9 Å². The first kappa shape index (κ1) is 23.9. The summed E-state index contributed by atoms with van der Waals surface area (Å²) in [6, 6.07) is 15.4. The molecule has 1 aromatic heterocycles. The molecule has 6 nitrogen and oxygen atoms in total. The molecule has 170 valence electrons. The molecule has 1 atom stereocenters. The summed E-state index contributed by atoms with van der Waals surface area (Å²) in [6.07, 6.45) is -0.281. The fourth-order valence-electron chi connectivity index (χ4n) is 3.45. The Morgan fingerprint density at radius 2 is 1.69 bits per heavy atom. The Balaban J connectivity index is 1.75. The number of hydrogen-bond donors (Lipinski definition) is 0. The number of Topliss-reactive ketones (excluding diaryl/α,β-unsaturated/α-hetero) is 1. The Hall–Kier alpha value is -2.80. The monoisotopic (exact) mass is 453 g/mol. The Morgan fingerprint density at radius 1 is 1.00 bits per heavy atom. The molecule has 2 aromatic carbocycles. The van der Waals surface area contributed by atoms with Crippen LogP contribution in [0.25, 0.3) is 0 Å². The molecular weight excluding hydrogens is 422 g/mol. The van der Waals surface area contributed by atoms with Crippen molar-refractivity contribution in [1.29, 1.82) is 0 Å². The summed E-state index contributed by atoms with van der Waals surface area (Å²) in [5.41, 5.74) is 1.81. The molecule has 3 aromatic rings. The average Bonchev–Trinajstić information content (AvgIpc) is 3.22. The predicted molar refractivity (Wildman–Crippen MR) is 128 cm³/mol. The van der Waals surface area contributed by atoms with Gasteiger partial charge in [0.15, 0.2) is 22.9 Å². The van der Waals surface area contributed by atoms with Crippen LogP contribution in [-0.2, 0) is 0 Å². The van der Waals surface area contributed by atoms with Crippen molar-refractivity contribution in [2.75, 3.05) is 12.9 Å². The molecule has 0 saturated carbocycles. The van der Waals surface area contributed by atoms with Crippen LogP contribution < -0.4 is 9.47 Å². The molecule has 0 amide bonds. The highest BCUT2D eigenvalue weighted by molar-refractivity contribution is 7.99. The van der Waals surface area contributed by atoms with Gasteiger partial charge in [0.05, 0.1) is 12.9 Å². The van der Waals surface area contributed by atoms with Crippen molar-refractivity contribution in [2.45, 2.75) is 57.8 Å². The third kappa shape index (κ3) is 5.51. The van der Waals surface area contributed by atoms with Crippen LogP contribution in [0.15, 0.2) is 53.7 Å². The highest BCUT2D eigenvalue weighted by Crippen LogP contribution is 2.32. The quantitative estimate of drug-likeness (QED) is 0.273. The van der Waals surface area contributed by atoms with Crippen molar-refractivity contribution in [1.82, 2.24) is 14.8 Å². The van der Waals surface area contributed by atoms with Gasteiger partial charge in [0.25, 0.3) is 0 Å². The summed E-state index contributed by atoms with van der Waals surface area (Å²) < 4.78 is 13.5. The molecule has 0 fully saturated rings. The Morgan fingerprint density at radius 3 is 2.31 bits per heavy atom. The highest BCUT2D eigenvalue weighted by Gasteiger charge is 2.23. The fraction of sp³-hybridized carbons (Fsp3) is 0.400. The number of carbonyl (C=O) groups excluding carboxylic acids is 1. The number of methoxy groups -OCH3 is 1. The lowest BCUT2D eigenvalue weighted by molar-refractivity contribution is 0.102. The lowest BCUT2D eigenvalue weighted by atomic mass is 10.0. The first-order valence-electron chi connectivity index (χ1n) is 10.8. The van der Waals surface area contributed by atoms with Crippen molar-refractivity contribution in [2.24, 2.45) is 0 Å². The van der Waals surface area contributed by atoms with Gasteiger partial charge in [0.1, 0.15) is 11.5 Å². The van der Waals surface area contributed by atoms with Crippen LogP contribution in [0.5, 0.6) is 11.5 Å². The molecule has 1 heterocycles. The van der Waals surface area contributed by atoms with Crippen molar-refractivity contribution in [3.8, 4) is 11.5 Å². The van der Waals surface area contributed by atoms with E-state index >= 15 is 0 Å². The molecule has 0 radical (unpaired) electrons. The number of ketones is 1. The maximum Gasteiger partial charge on any atom is 0.192 e. The number of rotatable bonds is 10. The van der Waals surface area contributed by atoms with Gasteiger partial charge in [0.2, 0.25) is 0 Å². The van der Waals surface area contributed by atoms with Crippen molar-refractivity contribution < 1.29 is 14.3 Å². The number of hydrogen-bond acceptors (Lipinski definition) is 6. The van der Waals surface area contributed by atoms with Gasteiger partial charge in [0, 0.05) is 11.6 Å². The SMILES string of the molecule is COc1ccc(C(=O)CSc2nnc(C(C)Oc3ccccc3C(C)C)n2C(C)C)cc1. The van der Waals surface area contributed by atoms with E-state index in [9.17, 15) is 4.79 Å². The van der Waals surface area contributed by atoms with Gasteiger partial charge in [-0.25, -0.2) is 0 Å². The summed E-state index contributed by atoms with van der Waals surface area (Å²) in [4.78, 5) is 12.6. The minimum absolute atomic E-state index is 0.0349. The number of para-hydroxylation sites is 1. The van der Waals surface area contributed by atoms with Gasteiger partial charge in [-0.2, -0.15) is 0 Å². The van der Waals surface area contributed by atoms with Crippen LogP contribution >= 0.6 is 11.8 Å². The Kier molecular flexibility index (Phi) is 7.96. The lowest BCUT2D eigenvalue weighted by Crippen LogP contribution is -2.15. The van der Waals surface area contributed by atoms with Gasteiger partial charge in [-0.15, -0.1) is 10.2 Å². The zero-order valence-corrected chi connectivity index (χ0v) is 20.3. The molecule has 1 unspecified atom stereocenters. The van der Waals surface area contributed by atoms with Crippen LogP contribution in [-0.4, -0.2) is 33.4 Å². The van der Waals surface area contributed by atoms with E-state index < -0.39 is 0 Å². The summed E-state index contributed by atoms with van der Waals surface area (Å²) in [6.45, 7) is 10.4. The molecule has 0 spiro atoms. The lowest BCUT2D eigenvalue weighted by Gasteiger charge is -2.21. The smallest absolute Gasteiger partial charge is 0.192 e. The molecule has 0 aliphatic heterocycles. The molecule has 7 heteroatoms. The zero-order valence-electron chi connectivity index (χ0n) is 19.5. The second-order valence-electron chi connectivity index (χ2n) is 8.20. The van der Waals surface area contributed by atoms with Crippen LogP contribution in [0.1, 0.15) is 74.4 Å². The zero-order chi connectivity index (χ0) is 23.3. The number of carbonyl (C=O) groups is 1. The van der Waals surface area contributed by atoms with E-state index in [-0.39, 0.29) is 23.7 Å². The second kappa shape index (κ2) is 10.7. The topological polar surface area (TPSA) is 66.2 Å². The number of aromatic nitrogens is 3. The highest BCUT2D eigenvalue weighted by atomic mass is 32.2. The number of nitrogens with zero attached hydrogens (tertiary/aromatic N) is 3. The molecule has 0 aliphatic rings. The van der Waals surface area contributed by atoms with E-state index in [1.807, 2.05) is 25.1 Å². The molecule has 0 N–H and O–H groups in total. The minimum Gasteiger partial charge on any atom is -0.497 e. The average molecular weight is 454 g/mol. The summed E-state index contributed by atoms with van der Waals surface area (Å²) >= 11 is 1.39. The number of thioether (sulfide) groups is 1. The van der Waals surface area contributed by atoms with Gasteiger partial charge in [-0.1, -0.05) is 43.8 Å². The molecule has 3 rings (SSSR count). The maximum absolute atomic E-state index is 12.6. The first-order chi connectivity index (χ1) is 15.3. The van der Waals surface area contributed by atoms with Crippen molar-refractivity contribution in [3.63, 3.8) is 0 Å². The molecular formula is C25H31N3O3S. The van der Waals surface area contributed by atoms with Crippen molar-refractivity contribution in [3.05, 3.63) is 65.5 Å². The van der Waals surface area contributed by atoms with E-state index in [0.29, 0.717) is 16.6 Å². The summed E-state index contributed by atoms with van der Waals surface area (Å²) in [7, 11) is 1.61. The molecule has 0 aliphatic carbocycles. The van der Waals surface area contributed by atoms with E-state index in [1.54, 1.807) is 31.4 Å². The molecule has 32 heavy (non-hydrogen) atoms. The van der Waals surface area contributed by atoms with E-state index in [1.165, 1.54) is 11.8 Å². The molecule has 0 saturated heterocycles. The maximum atomic E-state index is 12.6. The van der Waals surface area contributed by atoms with Gasteiger partial charge in [-0.05, 0) is 62.6 Å². The van der Waals surface area contributed by atoms with E-state index in [4.69, 9.17) is 9.47 Å². The standard InChI is InChI=1S/C25H31N3O3S/c1-16(2)21-9-7-8-10-23(21)31-18(5)24-26-27-25(28(24)17(3)4)32-15-22(29)19-11-13-20(30-6)14-12-19/h7-14,16-18H,15H2,1-6H3. The minimum atomic E-state index is -0.281. The van der Waals surface area contributed by atoms with E-state index in [2.05, 4.69) is 48.5 Å². The van der Waals surface area contributed by atoms with Crippen LogP contribution in [0.3, 0.4) is 0 Å². The third-order valence-corrected chi connectivity index (χ3v) is 6.10.